The summed E-state index contributed by atoms with van der Waals surface area (Å²) in [6.07, 6.45) is 6.13. The normalized spacial score (nSPS) is 16.3. The number of anilines is 1. The third-order valence-corrected chi connectivity index (χ3v) is 5.65. The summed E-state index contributed by atoms with van der Waals surface area (Å²) in [5, 5.41) is 15.4. The van der Waals surface area contributed by atoms with Gasteiger partial charge in [0.05, 0.1) is 0 Å². The molecule has 3 N–H and O–H groups in total. The monoisotopic (exact) mass is 336 g/mol. The lowest BCUT2D eigenvalue weighted by atomic mass is 10.1. The number of urea groups is 1. The predicted octanol–water partition coefficient (Wildman–Crippen LogP) is 4.00. The van der Waals surface area contributed by atoms with Crippen molar-refractivity contribution < 1.29 is 9.90 Å². The van der Waals surface area contributed by atoms with Crippen LogP contribution in [0, 0.1) is 5.92 Å². The molecule has 0 spiro atoms. The number of amides is 2. The summed E-state index contributed by atoms with van der Waals surface area (Å²) in [7, 11) is 0. The molecule has 0 aromatic heterocycles. The van der Waals surface area contributed by atoms with Gasteiger partial charge in [0.2, 0.25) is 0 Å². The third-order valence-electron chi connectivity index (χ3n) is 4.21. The van der Waals surface area contributed by atoms with Crippen LogP contribution in [-0.2, 0) is 5.75 Å². The summed E-state index contributed by atoms with van der Waals surface area (Å²) in [6.45, 7) is 2.74. The Hall–Kier alpha value is -1.20. The maximum atomic E-state index is 11.9. The lowest BCUT2D eigenvalue weighted by Crippen LogP contribution is -2.32. The van der Waals surface area contributed by atoms with Crippen LogP contribution in [0.2, 0.25) is 0 Å². The number of hydrogen-bond acceptors (Lipinski definition) is 3. The average Bonchev–Trinajstić information content (AvgIpc) is 3.05. The highest BCUT2D eigenvalue weighted by molar-refractivity contribution is 7.99. The van der Waals surface area contributed by atoms with Crippen LogP contribution in [0.4, 0.5) is 10.5 Å². The van der Waals surface area contributed by atoms with Gasteiger partial charge < -0.3 is 15.7 Å². The number of hydrogen-bond donors (Lipinski definition) is 3. The van der Waals surface area contributed by atoms with E-state index in [0.29, 0.717) is 13.0 Å². The van der Waals surface area contributed by atoms with E-state index in [0.717, 1.165) is 16.7 Å². The van der Waals surface area contributed by atoms with E-state index in [4.69, 9.17) is 5.11 Å². The van der Waals surface area contributed by atoms with Gasteiger partial charge in [-0.3, -0.25) is 0 Å². The first-order valence-electron chi connectivity index (χ1n) is 8.53. The number of carbonyl (C=O) groups is 1. The van der Waals surface area contributed by atoms with Gasteiger partial charge in [-0.25, -0.2) is 4.79 Å². The van der Waals surface area contributed by atoms with E-state index >= 15 is 0 Å². The molecule has 1 aliphatic rings. The zero-order valence-corrected chi connectivity index (χ0v) is 14.7. The van der Waals surface area contributed by atoms with Crippen molar-refractivity contribution in [3.63, 3.8) is 0 Å². The van der Waals surface area contributed by atoms with Crippen molar-refractivity contribution in [2.45, 2.75) is 50.0 Å². The van der Waals surface area contributed by atoms with Crippen molar-refractivity contribution in [1.82, 2.24) is 5.32 Å². The molecule has 0 heterocycles. The Kier molecular flexibility index (Phi) is 7.76. The summed E-state index contributed by atoms with van der Waals surface area (Å²) < 4.78 is 0. The van der Waals surface area contributed by atoms with Crippen LogP contribution >= 0.6 is 11.8 Å². The molecule has 5 heteroatoms. The number of thioether (sulfide) groups is 1. The average molecular weight is 337 g/mol. The first-order chi connectivity index (χ1) is 11.2. The van der Waals surface area contributed by atoms with E-state index < -0.39 is 0 Å². The number of aliphatic hydroxyl groups is 1. The smallest absolute Gasteiger partial charge is 0.319 e. The molecule has 1 aromatic carbocycles. The van der Waals surface area contributed by atoms with Gasteiger partial charge in [-0.15, -0.1) is 0 Å². The fraction of sp³-hybridized carbons (Fsp3) is 0.611. The van der Waals surface area contributed by atoms with Crippen LogP contribution < -0.4 is 10.6 Å². The molecule has 1 fully saturated rings. The van der Waals surface area contributed by atoms with Crippen molar-refractivity contribution in [2.24, 2.45) is 5.92 Å². The van der Waals surface area contributed by atoms with Crippen LogP contribution in [0.1, 0.15) is 44.6 Å². The minimum Gasteiger partial charge on any atom is -0.396 e. The fourth-order valence-corrected chi connectivity index (χ4v) is 4.05. The first kappa shape index (κ1) is 18.1. The summed E-state index contributed by atoms with van der Waals surface area (Å²) in [6, 6.07) is 7.90. The second-order valence-electron chi connectivity index (χ2n) is 6.37. The lowest BCUT2D eigenvalue weighted by molar-refractivity contribution is 0.243. The van der Waals surface area contributed by atoms with Gasteiger partial charge in [-0.1, -0.05) is 31.9 Å². The van der Waals surface area contributed by atoms with Crippen LogP contribution in [-0.4, -0.2) is 29.5 Å². The molecule has 1 aliphatic carbocycles. The van der Waals surface area contributed by atoms with E-state index in [1.807, 2.05) is 30.8 Å². The molecule has 0 aliphatic heterocycles. The minimum absolute atomic E-state index is 0.158. The van der Waals surface area contributed by atoms with Crippen molar-refractivity contribution in [3.8, 4) is 0 Å². The van der Waals surface area contributed by atoms with Crippen LogP contribution in [0.25, 0.3) is 0 Å². The second kappa shape index (κ2) is 9.83. The second-order valence-corrected chi connectivity index (χ2v) is 7.66. The number of benzene rings is 1. The molecule has 128 valence electrons. The zero-order chi connectivity index (χ0) is 16.5. The highest BCUT2D eigenvalue weighted by Crippen LogP contribution is 2.31. The van der Waals surface area contributed by atoms with Gasteiger partial charge in [0.15, 0.2) is 0 Å². The lowest BCUT2D eigenvalue weighted by Gasteiger charge is -2.13. The Balaban J connectivity index is 1.76. The Morgan fingerprint density at radius 1 is 1.39 bits per heavy atom. The SMILES string of the molecule is CC(CCO)CNC(=O)Nc1cccc(CSC2CCCC2)c1. The number of nitrogens with one attached hydrogen (secondary N) is 2. The Morgan fingerprint density at radius 2 is 2.17 bits per heavy atom. The number of carbonyl (C=O) groups excluding carboxylic acids is 1. The number of aliphatic hydroxyl groups excluding tert-OH is 1. The van der Waals surface area contributed by atoms with Crippen LogP contribution in [0.15, 0.2) is 24.3 Å². The molecule has 0 bridgehead atoms. The summed E-state index contributed by atoms with van der Waals surface area (Å²) in [5.41, 5.74) is 2.09. The van der Waals surface area contributed by atoms with E-state index in [9.17, 15) is 4.79 Å². The maximum Gasteiger partial charge on any atom is 0.319 e. The fourth-order valence-electron chi connectivity index (χ4n) is 2.77. The number of rotatable bonds is 8. The Labute approximate surface area is 143 Å². The molecule has 1 unspecified atom stereocenters. The van der Waals surface area contributed by atoms with Gasteiger partial charge in [0.1, 0.15) is 0 Å². The largest absolute Gasteiger partial charge is 0.396 e. The first-order valence-corrected chi connectivity index (χ1v) is 9.58. The van der Waals surface area contributed by atoms with Gasteiger partial charge in [0, 0.05) is 29.8 Å². The highest BCUT2D eigenvalue weighted by Gasteiger charge is 2.15. The zero-order valence-electron chi connectivity index (χ0n) is 13.9. The molecule has 0 saturated heterocycles. The van der Waals surface area contributed by atoms with Crippen molar-refractivity contribution in [2.75, 3.05) is 18.5 Å². The van der Waals surface area contributed by atoms with Crippen LogP contribution in [0.5, 0.6) is 0 Å². The van der Waals surface area contributed by atoms with Crippen molar-refractivity contribution in [1.29, 1.82) is 0 Å². The van der Waals surface area contributed by atoms with Gasteiger partial charge in [-0.2, -0.15) is 11.8 Å². The predicted molar refractivity (Wildman–Crippen MR) is 97.9 cm³/mol. The maximum absolute atomic E-state index is 11.9. The molecule has 2 amide bonds. The van der Waals surface area contributed by atoms with E-state index in [1.54, 1.807) is 0 Å². The molecule has 1 aromatic rings. The van der Waals surface area contributed by atoms with Gasteiger partial charge in [0.25, 0.3) is 0 Å². The summed E-state index contributed by atoms with van der Waals surface area (Å²) in [4.78, 5) is 11.9. The quantitative estimate of drug-likeness (QED) is 0.672. The van der Waals surface area contributed by atoms with E-state index in [-0.39, 0.29) is 18.6 Å². The summed E-state index contributed by atoms with van der Waals surface area (Å²) in [5.74, 6) is 1.29. The molecule has 23 heavy (non-hydrogen) atoms. The minimum atomic E-state index is -0.185. The van der Waals surface area contributed by atoms with Crippen molar-refractivity contribution in [3.05, 3.63) is 29.8 Å². The molecular weight excluding hydrogens is 308 g/mol. The molecule has 0 radical (unpaired) electrons. The van der Waals surface area contributed by atoms with Crippen molar-refractivity contribution >= 4 is 23.5 Å². The Bertz CT molecular complexity index is 490. The molecule has 4 nitrogen and oxygen atoms in total. The van der Waals surface area contributed by atoms with Crippen LogP contribution in [0.3, 0.4) is 0 Å². The molecular formula is C18H28N2O2S. The summed E-state index contributed by atoms with van der Waals surface area (Å²) >= 11 is 2.03. The Morgan fingerprint density at radius 3 is 2.91 bits per heavy atom. The van der Waals surface area contributed by atoms with Gasteiger partial charge in [-0.05, 0) is 42.9 Å². The van der Waals surface area contributed by atoms with Gasteiger partial charge >= 0.3 is 6.03 Å². The standard InChI is InChI=1S/C18H28N2O2S/c1-14(9-10-21)12-19-18(22)20-16-6-4-5-15(11-16)13-23-17-7-2-3-8-17/h4-6,11,14,17,21H,2-3,7-10,12-13H2,1H3,(H2,19,20,22). The molecule has 1 atom stereocenters. The van der Waals surface area contributed by atoms with E-state index in [1.165, 1.54) is 31.2 Å². The van der Waals surface area contributed by atoms with E-state index in [2.05, 4.69) is 22.8 Å². The molecule has 1 saturated carbocycles. The highest BCUT2D eigenvalue weighted by atomic mass is 32.2. The molecule has 2 rings (SSSR count). The topological polar surface area (TPSA) is 61.4 Å². The third kappa shape index (κ3) is 6.83.